The van der Waals surface area contributed by atoms with Crippen LogP contribution in [0.15, 0.2) is 54.6 Å². The van der Waals surface area contributed by atoms with Gasteiger partial charge in [0.2, 0.25) is 0 Å². The van der Waals surface area contributed by atoms with Crippen molar-refractivity contribution < 1.29 is 9.53 Å². The Kier molecular flexibility index (Phi) is 3.69. The molecule has 3 heteroatoms. The number of alkyl halides is 1. The number of hydrogen-bond donors (Lipinski definition) is 0. The van der Waals surface area contributed by atoms with Gasteiger partial charge in [-0.3, -0.25) is 4.79 Å². The molecule has 2 aromatic carbocycles. The summed E-state index contributed by atoms with van der Waals surface area (Å²) in [7, 11) is 0. The minimum Gasteiger partial charge on any atom is -0.425 e. The topological polar surface area (TPSA) is 26.3 Å². The standard InChI is InChI=1S/C23H23ClO2/c24-23-13-16-10-17(14-23)12-22(11-16,15-23)21(25)26-20-9-5-4-8-19(20)18-6-2-1-3-7-18/h1-9,16-17H,10-15H2/t16-,17+,22?,23?. The van der Waals surface area contributed by atoms with Crippen LogP contribution < -0.4 is 4.74 Å². The molecule has 4 fully saturated rings. The lowest BCUT2D eigenvalue weighted by atomic mass is 9.49. The van der Waals surface area contributed by atoms with Crippen molar-refractivity contribution in [3.05, 3.63) is 54.6 Å². The molecule has 26 heavy (non-hydrogen) atoms. The maximum absolute atomic E-state index is 13.3. The second-order valence-electron chi connectivity index (χ2n) is 8.64. The molecule has 0 heterocycles. The van der Waals surface area contributed by atoms with Crippen molar-refractivity contribution in [1.82, 2.24) is 0 Å². The van der Waals surface area contributed by atoms with Crippen molar-refractivity contribution in [1.29, 1.82) is 0 Å². The zero-order chi connectivity index (χ0) is 17.8. The van der Waals surface area contributed by atoms with Crippen LogP contribution in [-0.2, 0) is 4.79 Å². The van der Waals surface area contributed by atoms with E-state index >= 15 is 0 Å². The predicted molar refractivity (Wildman–Crippen MR) is 103 cm³/mol. The van der Waals surface area contributed by atoms with Crippen LogP contribution in [0.2, 0.25) is 0 Å². The second-order valence-corrected chi connectivity index (χ2v) is 9.45. The smallest absolute Gasteiger partial charge is 0.317 e. The zero-order valence-electron chi connectivity index (χ0n) is 14.8. The van der Waals surface area contributed by atoms with Crippen LogP contribution in [-0.4, -0.2) is 10.8 Å². The molecule has 2 nitrogen and oxygen atoms in total. The van der Waals surface area contributed by atoms with Gasteiger partial charge in [0, 0.05) is 10.4 Å². The minimum atomic E-state index is -0.379. The molecule has 0 spiro atoms. The van der Waals surface area contributed by atoms with Crippen LogP contribution in [0, 0.1) is 17.3 Å². The molecular formula is C23H23ClO2. The molecule has 4 aliphatic carbocycles. The zero-order valence-corrected chi connectivity index (χ0v) is 15.5. The number of halogens is 1. The summed E-state index contributed by atoms with van der Waals surface area (Å²) in [6, 6.07) is 17.9. The molecule has 6 rings (SSSR count). The summed E-state index contributed by atoms with van der Waals surface area (Å²) in [5.41, 5.74) is 1.65. The predicted octanol–water partition coefficient (Wildman–Crippen LogP) is 5.84. The highest BCUT2D eigenvalue weighted by Gasteiger charge is 2.60. The Morgan fingerprint density at radius 2 is 1.58 bits per heavy atom. The molecule has 2 unspecified atom stereocenters. The number of carbonyl (C=O) groups excluding carboxylic acids is 1. The number of carbonyl (C=O) groups is 1. The van der Waals surface area contributed by atoms with Crippen molar-refractivity contribution >= 4 is 17.6 Å². The van der Waals surface area contributed by atoms with E-state index in [0.717, 1.165) is 43.2 Å². The fraction of sp³-hybridized carbons (Fsp3) is 0.435. The van der Waals surface area contributed by atoms with Gasteiger partial charge in [-0.15, -0.1) is 11.6 Å². The first kappa shape index (κ1) is 16.4. The van der Waals surface area contributed by atoms with E-state index < -0.39 is 0 Å². The molecule has 4 atom stereocenters. The van der Waals surface area contributed by atoms with Gasteiger partial charge in [-0.25, -0.2) is 0 Å². The Labute approximate surface area is 159 Å². The highest BCUT2D eigenvalue weighted by atomic mass is 35.5. The van der Waals surface area contributed by atoms with E-state index in [-0.39, 0.29) is 16.3 Å². The first-order valence-corrected chi connectivity index (χ1v) is 9.99. The molecule has 4 aliphatic rings. The highest BCUT2D eigenvalue weighted by molar-refractivity contribution is 6.24. The quantitative estimate of drug-likeness (QED) is 0.387. The lowest BCUT2D eigenvalue weighted by molar-refractivity contribution is -0.159. The average Bonchev–Trinajstić information content (AvgIpc) is 2.61. The highest BCUT2D eigenvalue weighted by Crippen LogP contribution is 2.64. The molecule has 0 saturated heterocycles. The summed E-state index contributed by atoms with van der Waals surface area (Å²) in [5.74, 6) is 1.76. The van der Waals surface area contributed by atoms with E-state index in [0.29, 0.717) is 17.6 Å². The molecule has 0 aliphatic heterocycles. The van der Waals surface area contributed by atoms with Gasteiger partial charge >= 0.3 is 5.97 Å². The molecule has 4 saturated carbocycles. The third kappa shape index (κ3) is 2.66. The van der Waals surface area contributed by atoms with Gasteiger partial charge in [0.15, 0.2) is 0 Å². The van der Waals surface area contributed by atoms with E-state index in [4.69, 9.17) is 16.3 Å². The summed E-state index contributed by atoms with van der Waals surface area (Å²) < 4.78 is 6.03. The monoisotopic (exact) mass is 366 g/mol. The Morgan fingerprint density at radius 1 is 0.923 bits per heavy atom. The summed E-state index contributed by atoms with van der Waals surface area (Å²) in [5, 5.41) is 0. The molecule has 0 amide bonds. The minimum absolute atomic E-state index is 0.0694. The van der Waals surface area contributed by atoms with E-state index in [1.807, 2.05) is 54.6 Å². The van der Waals surface area contributed by atoms with E-state index in [2.05, 4.69) is 0 Å². The summed E-state index contributed by atoms with van der Waals surface area (Å²) in [4.78, 5) is 13.1. The lowest BCUT2D eigenvalue weighted by Gasteiger charge is -2.58. The Morgan fingerprint density at radius 3 is 2.27 bits per heavy atom. The van der Waals surface area contributed by atoms with Gasteiger partial charge in [0.05, 0.1) is 5.41 Å². The van der Waals surface area contributed by atoms with Gasteiger partial charge < -0.3 is 4.74 Å². The molecule has 134 valence electrons. The van der Waals surface area contributed by atoms with E-state index in [9.17, 15) is 4.79 Å². The van der Waals surface area contributed by atoms with Crippen LogP contribution in [0.3, 0.4) is 0 Å². The number of para-hydroxylation sites is 1. The fourth-order valence-electron chi connectivity index (χ4n) is 6.01. The SMILES string of the molecule is O=C(Oc1ccccc1-c1ccccc1)C12C[C@@H]3C[C@@H](CC(Cl)(C3)C1)C2. The molecule has 0 radical (unpaired) electrons. The van der Waals surface area contributed by atoms with Gasteiger partial charge in [0.1, 0.15) is 5.75 Å². The van der Waals surface area contributed by atoms with Crippen LogP contribution in [0.5, 0.6) is 5.75 Å². The van der Waals surface area contributed by atoms with Crippen LogP contribution >= 0.6 is 11.6 Å². The van der Waals surface area contributed by atoms with Crippen LogP contribution in [0.1, 0.15) is 38.5 Å². The molecule has 0 N–H and O–H groups in total. The summed E-state index contributed by atoms with van der Waals surface area (Å²) in [6.45, 7) is 0. The van der Waals surface area contributed by atoms with Gasteiger partial charge in [-0.05, 0) is 62.0 Å². The van der Waals surface area contributed by atoms with Crippen LogP contribution in [0.25, 0.3) is 11.1 Å². The first-order valence-electron chi connectivity index (χ1n) is 9.61. The van der Waals surface area contributed by atoms with Crippen molar-refractivity contribution in [2.24, 2.45) is 17.3 Å². The van der Waals surface area contributed by atoms with Crippen molar-refractivity contribution in [2.45, 2.75) is 43.4 Å². The third-order valence-electron chi connectivity index (χ3n) is 6.60. The Bertz CT molecular complexity index is 830. The fourth-order valence-corrected chi connectivity index (χ4v) is 6.70. The van der Waals surface area contributed by atoms with Gasteiger partial charge in [-0.1, -0.05) is 48.5 Å². The molecule has 0 aromatic heterocycles. The first-order chi connectivity index (χ1) is 12.6. The summed E-state index contributed by atoms with van der Waals surface area (Å²) >= 11 is 6.89. The Balaban J connectivity index is 1.45. The van der Waals surface area contributed by atoms with Crippen molar-refractivity contribution in [3.8, 4) is 16.9 Å². The van der Waals surface area contributed by atoms with Crippen molar-refractivity contribution in [2.75, 3.05) is 0 Å². The maximum atomic E-state index is 13.3. The molecule has 2 aromatic rings. The lowest BCUT2D eigenvalue weighted by Crippen LogP contribution is -2.56. The second kappa shape index (κ2) is 5.85. The van der Waals surface area contributed by atoms with Gasteiger partial charge in [-0.2, -0.15) is 0 Å². The Hall–Kier alpha value is -1.80. The average molecular weight is 367 g/mol. The molecular weight excluding hydrogens is 344 g/mol. The summed E-state index contributed by atoms with van der Waals surface area (Å²) in [6.07, 6.45) is 6.06. The number of rotatable bonds is 3. The number of esters is 1. The number of benzene rings is 2. The number of ether oxygens (including phenoxy) is 1. The largest absolute Gasteiger partial charge is 0.425 e. The van der Waals surface area contributed by atoms with Crippen LogP contribution in [0.4, 0.5) is 0 Å². The molecule has 4 bridgehead atoms. The maximum Gasteiger partial charge on any atom is 0.317 e. The van der Waals surface area contributed by atoms with Gasteiger partial charge in [0.25, 0.3) is 0 Å². The van der Waals surface area contributed by atoms with E-state index in [1.165, 1.54) is 6.42 Å². The third-order valence-corrected chi connectivity index (χ3v) is 7.04. The van der Waals surface area contributed by atoms with Crippen molar-refractivity contribution in [3.63, 3.8) is 0 Å². The normalized spacial score (nSPS) is 34.7. The van der Waals surface area contributed by atoms with E-state index in [1.54, 1.807) is 0 Å². The number of hydrogen-bond acceptors (Lipinski definition) is 2.